The fourth-order valence-electron chi connectivity index (χ4n) is 2.20. The first-order valence-corrected chi connectivity index (χ1v) is 8.40. The van der Waals surface area contributed by atoms with E-state index in [-0.39, 0.29) is 20.7 Å². The van der Waals surface area contributed by atoms with Gasteiger partial charge in [0.05, 0.1) is 4.92 Å². The van der Waals surface area contributed by atoms with Gasteiger partial charge in [-0.1, -0.05) is 13.8 Å². The molecule has 0 radical (unpaired) electrons. The smallest absolute Gasteiger partial charge is 0.325 e. The minimum atomic E-state index is -3.68. The zero-order chi connectivity index (χ0) is 15.1. The molecular weight excluding hydrogens is 302 g/mol. The number of piperidine rings is 1. The van der Waals surface area contributed by atoms with Crippen LogP contribution in [-0.4, -0.2) is 36.8 Å². The van der Waals surface area contributed by atoms with Gasteiger partial charge >= 0.3 is 5.00 Å². The molecule has 1 fully saturated rings. The van der Waals surface area contributed by atoms with Gasteiger partial charge in [-0.05, 0) is 29.2 Å². The van der Waals surface area contributed by atoms with E-state index in [1.54, 1.807) is 0 Å². The predicted octanol–water partition coefficient (Wildman–Crippen LogP) is 1.40. The standard InChI is InChI=1S/C11H17N3O4S2/c1-11(2)7-13(6-5-8(11)12)20(17,18)10-4-3-9(19-10)14(15)16/h3-4,8H,5-7,12H2,1-2H3. The Hall–Kier alpha value is -1.03. The largest absolute Gasteiger partial charge is 0.327 e. The van der Waals surface area contributed by atoms with Crippen LogP contribution in [0, 0.1) is 15.5 Å². The number of thiophene rings is 1. The Morgan fingerprint density at radius 2 is 2.15 bits per heavy atom. The highest BCUT2D eigenvalue weighted by molar-refractivity contribution is 7.91. The zero-order valence-electron chi connectivity index (χ0n) is 11.3. The van der Waals surface area contributed by atoms with E-state index < -0.39 is 14.9 Å². The third-order valence-corrected chi connectivity index (χ3v) is 6.97. The monoisotopic (exact) mass is 319 g/mol. The van der Waals surface area contributed by atoms with Gasteiger partial charge in [0.2, 0.25) is 0 Å². The zero-order valence-corrected chi connectivity index (χ0v) is 12.9. The molecule has 0 amide bonds. The Kier molecular flexibility index (Phi) is 3.89. The molecule has 1 aromatic rings. The summed E-state index contributed by atoms with van der Waals surface area (Å²) >= 11 is 0.683. The minimum Gasteiger partial charge on any atom is -0.327 e. The average Bonchev–Trinajstić information content (AvgIpc) is 2.82. The van der Waals surface area contributed by atoms with E-state index in [1.807, 2.05) is 13.8 Å². The van der Waals surface area contributed by atoms with Crippen LogP contribution in [0.2, 0.25) is 0 Å². The van der Waals surface area contributed by atoms with Crippen LogP contribution in [-0.2, 0) is 10.0 Å². The van der Waals surface area contributed by atoms with Crippen molar-refractivity contribution in [2.24, 2.45) is 11.1 Å². The molecule has 1 aliphatic rings. The van der Waals surface area contributed by atoms with Crippen molar-refractivity contribution in [3.05, 3.63) is 22.2 Å². The van der Waals surface area contributed by atoms with Crippen LogP contribution in [0.15, 0.2) is 16.3 Å². The Balaban J connectivity index is 2.28. The molecule has 1 saturated heterocycles. The van der Waals surface area contributed by atoms with Crippen molar-refractivity contribution in [1.82, 2.24) is 4.31 Å². The Morgan fingerprint density at radius 1 is 1.50 bits per heavy atom. The normalized spacial score (nSPS) is 23.6. The maximum Gasteiger partial charge on any atom is 0.325 e. The maximum atomic E-state index is 12.5. The van der Waals surface area contributed by atoms with Crippen molar-refractivity contribution in [3.63, 3.8) is 0 Å². The van der Waals surface area contributed by atoms with Crippen molar-refractivity contribution in [3.8, 4) is 0 Å². The number of sulfonamides is 1. The van der Waals surface area contributed by atoms with E-state index in [9.17, 15) is 18.5 Å². The summed E-state index contributed by atoms with van der Waals surface area (Å²) < 4.78 is 26.4. The van der Waals surface area contributed by atoms with Gasteiger partial charge in [-0.2, -0.15) is 4.31 Å². The highest BCUT2D eigenvalue weighted by Crippen LogP contribution is 2.34. The van der Waals surface area contributed by atoms with E-state index in [4.69, 9.17) is 5.73 Å². The molecule has 0 aliphatic carbocycles. The molecule has 2 N–H and O–H groups in total. The number of hydrogen-bond acceptors (Lipinski definition) is 6. The molecule has 112 valence electrons. The van der Waals surface area contributed by atoms with Gasteiger partial charge in [0.1, 0.15) is 4.21 Å². The molecule has 9 heteroatoms. The number of nitro groups is 1. The average molecular weight is 319 g/mol. The van der Waals surface area contributed by atoms with Gasteiger partial charge in [0, 0.05) is 25.2 Å². The molecule has 0 aromatic carbocycles. The highest BCUT2D eigenvalue weighted by atomic mass is 32.2. The second-order valence-corrected chi connectivity index (χ2v) is 8.80. The maximum absolute atomic E-state index is 12.5. The second-order valence-electron chi connectivity index (χ2n) is 5.57. The lowest BCUT2D eigenvalue weighted by molar-refractivity contribution is -0.380. The number of nitrogens with two attached hydrogens (primary N) is 1. The van der Waals surface area contributed by atoms with Gasteiger partial charge < -0.3 is 5.73 Å². The topological polar surface area (TPSA) is 107 Å². The fourth-order valence-corrected chi connectivity index (χ4v) is 5.09. The van der Waals surface area contributed by atoms with E-state index in [0.29, 0.717) is 30.8 Å². The quantitative estimate of drug-likeness (QED) is 0.669. The molecule has 0 saturated carbocycles. The van der Waals surface area contributed by atoms with Crippen molar-refractivity contribution in [2.45, 2.75) is 30.5 Å². The predicted molar refractivity (Wildman–Crippen MR) is 76.1 cm³/mol. The molecule has 20 heavy (non-hydrogen) atoms. The lowest BCUT2D eigenvalue weighted by atomic mass is 9.81. The Bertz CT molecular complexity index is 623. The van der Waals surface area contributed by atoms with Crippen molar-refractivity contribution in [2.75, 3.05) is 13.1 Å². The van der Waals surface area contributed by atoms with Gasteiger partial charge in [-0.15, -0.1) is 0 Å². The molecule has 0 spiro atoms. The molecule has 1 aromatic heterocycles. The third kappa shape index (κ3) is 2.71. The second kappa shape index (κ2) is 5.06. The van der Waals surface area contributed by atoms with Crippen LogP contribution in [0.1, 0.15) is 20.3 Å². The molecule has 7 nitrogen and oxygen atoms in total. The molecule has 2 heterocycles. The molecule has 1 unspecified atom stereocenters. The first-order valence-electron chi connectivity index (χ1n) is 6.14. The summed E-state index contributed by atoms with van der Waals surface area (Å²) in [6.45, 7) is 4.52. The van der Waals surface area contributed by atoms with Crippen LogP contribution in [0.5, 0.6) is 0 Å². The van der Waals surface area contributed by atoms with Crippen molar-refractivity contribution < 1.29 is 13.3 Å². The SMILES string of the molecule is CC1(C)CN(S(=O)(=O)c2ccc([N+](=O)[O-])s2)CCC1N. The molecule has 0 bridgehead atoms. The van der Waals surface area contributed by atoms with Crippen LogP contribution < -0.4 is 5.73 Å². The summed E-state index contributed by atoms with van der Waals surface area (Å²) in [7, 11) is -3.68. The van der Waals surface area contributed by atoms with Gasteiger partial charge in [-0.3, -0.25) is 10.1 Å². The lowest BCUT2D eigenvalue weighted by Crippen LogP contribution is -2.53. The number of rotatable bonds is 3. The first-order chi connectivity index (χ1) is 9.14. The van der Waals surface area contributed by atoms with Crippen LogP contribution in [0.4, 0.5) is 5.00 Å². The summed E-state index contributed by atoms with van der Waals surface area (Å²) in [5.41, 5.74) is 5.68. The van der Waals surface area contributed by atoms with Crippen LogP contribution in [0.3, 0.4) is 0 Å². The number of hydrogen-bond donors (Lipinski definition) is 1. The fraction of sp³-hybridized carbons (Fsp3) is 0.636. The van der Waals surface area contributed by atoms with E-state index in [2.05, 4.69) is 0 Å². The van der Waals surface area contributed by atoms with Gasteiger partial charge in [0.15, 0.2) is 0 Å². The van der Waals surface area contributed by atoms with Gasteiger partial charge in [-0.25, -0.2) is 8.42 Å². The summed E-state index contributed by atoms with van der Waals surface area (Å²) in [6, 6.07) is 2.46. The highest BCUT2D eigenvalue weighted by Gasteiger charge is 2.39. The molecular formula is C11H17N3O4S2. The Morgan fingerprint density at radius 3 is 2.65 bits per heavy atom. The molecule has 1 atom stereocenters. The minimum absolute atomic E-state index is 0.00970. The summed E-state index contributed by atoms with van der Waals surface area (Å²) in [5, 5.41) is 10.5. The third-order valence-electron chi connectivity index (χ3n) is 3.62. The Labute approximate surface area is 121 Å². The lowest BCUT2D eigenvalue weighted by Gasteiger charge is -2.41. The van der Waals surface area contributed by atoms with Crippen molar-refractivity contribution in [1.29, 1.82) is 0 Å². The van der Waals surface area contributed by atoms with E-state index in [0.717, 1.165) is 0 Å². The first kappa shape index (κ1) is 15.4. The summed E-state index contributed by atoms with van der Waals surface area (Å²) in [6.07, 6.45) is 0.583. The molecule has 2 rings (SSSR count). The van der Waals surface area contributed by atoms with Gasteiger partial charge in [0.25, 0.3) is 10.0 Å². The van der Waals surface area contributed by atoms with E-state index >= 15 is 0 Å². The summed E-state index contributed by atoms with van der Waals surface area (Å²) in [5.74, 6) is 0. The van der Waals surface area contributed by atoms with Crippen LogP contribution in [0.25, 0.3) is 0 Å². The molecule has 1 aliphatic heterocycles. The van der Waals surface area contributed by atoms with Crippen molar-refractivity contribution >= 4 is 26.4 Å². The van der Waals surface area contributed by atoms with Crippen LogP contribution >= 0.6 is 11.3 Å². The number of nitrogens with zero attached hydrogens (tertiary/aromatic N) is 2. The van der Waals surface area contributed by atoms with E-state index in [1.165, 1.54) is 16.4 Å². The summed E-state index contributed by atoms with van der Waals surface area (Å²) in [4.78, 5) is 10.1.